The van der Waals surface area contributed by atoms with Crippen LogP contribution in [-0.2, 0) is 0 Å². The maximum atomic E-state index is 11.8. The number of aryl methyl sites for hydroxylation is 1. The van der Waals surface area contributed by atoms with Crippen molar-refractivity contribution >= 4 is 5.91 Å². The van der Waals surface area contributed by atoms with E-state index in [2.05, 4.69) is 24.1 Å². The molecule has 0 aliphatic carbocycles. The summed E-state index contributed by atoms with van der Waals surface area (Å²) in [4.78, 5) is 15.9. The lowest BCUT2D eigenvalue weighted by Gasteiger charge is -2.14. The van der Waals surface area contributed by atoms with E-state index in [1.54, 1.807) is 6.07 Å². The zero-order valence-corrected chi connectivity index (χ0v) is 9.58. The van der Waals surface area contributed by atoms with Crippen molar-refractivity contribution in [2.24, 2.45) is 0 Å². The minimum Gasteiger partial charge on any atom is -0.348 e. The number of carbonyl (C=O) groups excluding carboxylic acids is 1. The Morgan fingerprint density at radius 2 is 2.07 bits per heavy atom. The van der Waals surface area contributed by atoms with Crippen LogP contribution in [0.4, 0.5) is 0 Å². The lowest BCUT2D eigenvalue weighted by atomic mass is 10.1. The van der Waals surface area contributed by atoms with Crippen molar-refractivity contribution in [3.8, 4) is 0 Å². The highest BCUT2D eigenvalue weighted by Crippen LogP contribution is 2.01. The van der Waals surface area contributed by atoms with E-state index in [9.17, 15) is 4.79 Å². The highest BCUT2D eigenvalue weighted by Gasteiger charge is 2.11. The first-order valence-corrected chi connectivity index (χ1v) is 5.41. The molecule has 0 unspecified atom stereocenters. The molecule has 82 valence electrons. The number of carbonyl (C=O) groups is 1. The molecule has 15 heavy (non-hydrogen) atoms. The molecule has 1 amide bonds. The Balaban J connectivity index is 2.68. The van der Waals surface area contributed by atoms with Crippen LogP contribution in [0.3, 0.4) is 0 Å². The minimum absolute atomic E-state index is 0.0765. The SMILES string of the molecule is CCC(CC)NC(=O)c1cccc(C)n1. The second kappa shape index (κ2) is 5.49. The molecule has 1 rings (SSSR count). The molecule has 0 aliphatic heterocycles. The second-order valence-electron chi connectivity index (χ2n) is 3.65. The number of nitrogens with zero attached hydrogens (tertiary/aromatic N) is 1. The molecule has 0 fully saturated rings. The first-order chi connectivity index (χ1) is 7.17. The van der Waals surface area contributed by atoms with E-state index in [1.807, 2.05) is 19.1 Å². The third-order valence-electron chi connectivity index (χ3n) is 2.44. The molecular formula is C12H18N2O. The molecule has 0 bridgehead atoms. The summed E-state index contributed by atoms with van der Waals surface area (Å²) >= 11 is 0. The third kappa shape index (κ3) is 3.35. The van der Waals surface area contributed by atoms with Crippen molar-refractivity contribution in [2.45, 2.75) is 39.7 Å². The van der Waals surface area contributed by atoms with Gasteiger partial charge < -0.3 is 5.32 Å². The molecule has 1 heterocycles. The average Bonchev–Trinajstić information content (AvgIpc) is 2.25. The van der Waals surface area contributed by atoms with Gasteiger partial charge in [0.1, 0.15) is 5.69 Å². The molecule has 0 aliphatic rings. The van der Waals surface area contributed by atoms with Gasteiger partial charge in [-0.1, -0.05) is 19.9 Å². The number of rotatable bonds is 4. The molecule has 1 N–H and O–H groups in total. The molecule has 1 aromatic heterocycles. The lowest BCUT2D eigenvalue weighted by molar-refractivity contribution is 0.0929. The Bertz CT molecular complexity index is 332. The number of pyridine rings is 1. The van der Waals surface area contributed by atoms with E-state index in [1.165, 1.54) is 0 Å². The van der Waals surface area contributed by atoms with E-state index in [0.29, 0.717) is 5.69 Å². The Kier molecular flexibility index (Phi) is 4.28. The Labute approximate surface area is 90.9 Å². The molecule has 1 aromatic rings. The van der Waals surface area contributed by atoms with E-state index in [0.717, 1.165) is 18.5 Å². The predicted molar refractivity (Wildman–Crippen MR) is 60.8 cm³/mol. The summed E-state index contributed by atoms with van der Waals surface area (Å²) < 4.78 is 0. The summed E-state index contributed by atoms with van der Waals surface area (Å²) in [5.74, 6) is -0.0765. The number of amides is 1. The Morgan fingerprint density at radius 1 is 1.40 bits per heavy atom. The van der Waals surface area contributed by atoms with Crippen molar-refractivity contribution in [3.63, 3.8) is 0 Å². The standard InChI is InChI=1S/C12H18N2O/c1-4-10(5-2)14-12(15)11-8-6-7-9(3)13-11/h6-8,10H,4-5H2,1-3H3,(H,14,15). The summed E-state index contributed by atoms with van der Waals surface area (Å²) in [6.07, 6.45) is 1.90. The summed E-state index contributed by atoms with van der Waals surface area (Å²) in [7, 11) is 0. The van der Waals surface area contributed by atoms with Gasteiger partial charge in [0.15, 0.2) is 0 Å². The fourth-order valence-electron chi connectivity index (χ4n) is 1.42. The smallest absolute Gasteiger partial charge is 0.270 e. The first-order valence-electron chi connectivity index (χ1n) is 5.41. The van der Waals surface area contributed by atoms with Crippen molar-refractivity contribution in [3.05, 3.63) is 29.6 Å². The van der Waals surface area contributed by atoms with Gasteiger partial charge in [0.25, 0.3) is 5.91 Å². The Morgan fingerprint density at radius 3 is 2.60 bits per heavy atom. The molecule has 0 radical (unpaired) electrons. The summed E-state index contributed by atoms with van der Waals surface area (Å²) in [6, 6.07) is 5.72. The zero-order valence-electron chi connectivity index (χ0n) is 9.58. The van der Waals surface area contributed by atoms with E-state index < -0.39 is 0 Å². The lowest BCUT2D eigenvalue weighted by Crippen LogP contribution is -2.34. The monoisotopic (exact) mass is 206 g/mol. The van der Waals surface area contributed by atoms with E-state index in [4.69, 9.17) is 0 Å². The van der Waals surface area contributed by atoms with Crippen LogP contribution in [0.1, 0.15) is 42.9 Å². The van der Waals surface area contributed by atoms with Crippen LogP contribution in [0.15, 0.2) is 18.2 Å². The largest absolute Gasteiger partial charge is 0.348 e. The Hall–Kier alpha value is -1.38. The first kappa shape index (κ1) is 11.7. The molecule has 0 atom stereocenters. The predicted octanol–water partition coefficient (Wildman–Crippen LogP) is 2.31. The molecule has 3 heteroatoms. The van der Waals surface area contributed by atoms with Crippen LogP contribution in [0.5, 0.6) is 0 Å². The zero-order chi connectivity index (χ0) is 11.3. The summed E-state index contributed by atoms with van der Waals surface area (Å²) in [5, 5.41) is 2.96. The molecule has 0 aromatic carbocycles. The maximum absolute atomic E-state index is 11.8. The van der Waals surface area contributed by atoms with Gasteiger partial charge in [-0.2, -0.15) is 0 Å². The highest BCUT2D eigenvalue weighted by molar-refractivity contribution is 5.92. The fraction of sp³-hybridized carbons (Fsp3) is 0.500. The van der Waals surface area contributed by atoms with Gasteiger partial charge >= 0.3 is 0 Å². The molecule has 0 spiro atoms. The average molecular weight is 206 g/mol. The summed E-state index contributed by atoms with van der Waals surface area (Å²) in [5.41, 5.74) is 1.37. The van der Waals surface area contributed by atoms with Gasteiger partial charge in [-0.15, -0.1) is 0 Å². The van der Waals surface area contributed by atoms with Gasteiger partial charge in [0.05, 0.1) is 0 Å². The highest BCUT2D eigenvalue weighted by atomic mass is 16.1. The van der Waals surface area contributed by atoms with Crippen molar-refractivity contribution < 1.29 is 4.79 Å². The van der Waals surface area contributed by atoms with Crippen LogP contribution in [0.25, 0.3) is 0 Å². The number of hydrogen-bond acceptors (Lipinski definition) is 2. The number of aromatic nitrogens is 1. The normalized spacial score (nSPS) is 10.4. The van der Waals surface area contributed by atoms with Gasteiger partial charge in [0, 0.05) is 11.7 Å². The second-order valence-corrected chi connectivity index (χ2v) is 3.65. The van der Waals surface area contributed by atoms with Crippen molar-refractivity contribution in [2.75, 3.05) is 0 Å². The van der Waals surface area contributed by atoms with Crippen LogP contribution >= 0.6 is 0 Å². The van der Waals surface area contributed by atoms with Crippen molar-refractivity contribution in [1.82, 2.24) is 10.3 Å². The van der Waals surface area contributed by atoms with Gasteiger partial charge in [0.2, 0.25) is 0 Å². The topological polar surface area (TPSA) is 42.0 Å². The molecule has 0 saturated heterocycles. The van der Waals surface area contributed by atoms with E-state index >= 15 is 0 Å². The van der Waals surface area contributed by atoms with Crippen molar-refractivity contribution in [1.29, 1.82) is 0 Å². The van der Waals surface area contributed by atoms with Crippen LogP contribution in [-0.4, -0.2) is 16.9 Å². The third-order valence-corrected chi connectivity index (χ3v) is 2.44. The van der Waals surface area contributed by atoms with Crippen LogP contribution in [0.2, 0.25) is 0 Å². The minimum atomic E-state index is -0.0765. The quantitative estimate of drug-likeness (QED) is 0.821. The summed E-state index contributed by atoms with van der Waals surface area (Å²) in [6.45, 7) is 6.02. The van der Waals surface area contributed by atoms with Crippen LogP contribution < -0.4 is 5.32 Å². The number of nitrogens with one attached hydrogen (secondary N) is 1. The maximum Gasteiger partial charge on any atom is 0.270 e. The van der Waals surface area contributed by atoms with Gasteiger partial charge in [-0.25, -0.2) is 4.98 Å². The molecule has 3 nitrogen and oxygen atoms in total. The molecule has 0 saturated carbocycles. The van der Waals surface area contributed by atoms with Gasteiger partial charge in [-0.05, 0) is 31.9 Å². The van der Waals surface area contributed by atoms with E-state index in [-0.39, 0.29) is 11.9 Å². The van der Waals surface area contributed by atoms with Gasteiger partial charge in [-0.3, -0.25) is 4.79 Å². The fourth-order valence-corrected chi connectivity index (χ4v) is 1.42. The van der Waals surface area contributed by atoms with Crippen LogP contribution in [0, 0.1) is 6.92 Å². The molecular weight excluding hydrogens is 188 g/mol. The number of hydrogen-bond donors (Lipinski definition) is 1.